The minimum Gasteiger partial charge on any atom is -0.354 e. The summed E-state index contributed by atoms with van der Waals surface area (Å²) in [6, 6.07) is 15.0. The fourth-order valence-electron chi connectivity index (χ4n) is 3.07. The van der Waals surface area contributed by atoms with Crippen LogP contribution < -0.4 is 5.32 Å². The van der Waals surface area contributed by atoms with E-state index in [1.54, 1.807) is 19.1 Å². The third-order valence-corrected chi connectivity index (χ3v) is 6.95. The number of hydrogen-bond acceptors (Lipinski definition) is 4. The number of hydrogen-bond donors (Lipinski definition) is 1. The van der Waals surface area contributed by atoms with Crippen LogP contribution in [0, 0.1) is 12.8 Å². The fourth-order valence-corrected chi connectivity index (χ4v) is 4.19. The molecule has 0 saturated carbocycles. The predicted octanol–water partition coefficient (Wildman–Crippen LogP) is 2.81. The normalized spacial score (nSPS) is 12.6. The minimum absolute atomic E-state index is 0.121. The number of amides is 2. The zero-order valence-corrected chi connectivity index (χ0v) is 20.2. The zero-order valence-electron chi connectivity index (χ0n) is 19.4. The Kier molecular flexibility index (Phi) is 8.98. The Hall–Kier alpha value is -2.71. The second-order valence-electron chi connectivity index (χ2n) is 8.40. The molecular weight excluding hydrogens is 426 g/mol. The van der Waals surface area contributed by atoms with Crippen LogP contribution in [0.2, 0.25) is 0 Å². The molecule has 0 spiro atoms. The van der Waals surface area contributed by atoms with Crippen LogP contribution in [-0.2, 0) is 26.2 Å². The highest BCUT2D eigenvalue weighted by Crippen LogP contribution is 2.16. The number of carbonyl (C=O) groups excluding carboxylic acids is 2. The van der Waals surface area contributed by atoms with Crippen LogP contribution in [0.15, 0.2) is 59.5 Å². The number of nitrogens with one attached hydrogen (secondary N) is 1. The van der Waals surface area contributed by atoms with Crippen molar-refractivity contribution in [3.63, 3.8) is 0 Å². The van der Waals surface area contributed by atoms with E-state index in [0.29, 0.717) is 6.54 Å². The Bertz CT molecular complexity index is 1010. The van der Waals surface area contributed by atoms with Crippen molar-refractivity contribution < 1.29 is 18.0 Å². The van der Waals surface area contributed by atoms with Gasteiger partial charge in [-0.05, 0) is 37.5 Å². The lowest BCUT2D eigenvalue weighted by atomic mass is 10.1. The largest absolute Gasteiger partial charge is 0.354 e. The monoisotopic (exact) mass is 459 g/mol. The molecule has 0 aliphatic heterocycles. The van der Waals surface area contributed by atoms with Gasteiger partial charge in [0.1, 0.15) is 6.04 Å². The van der Waals surface area contributed by atoms with Crippen molar-refractivity contribution in [3.05, 3.63) is 65.7 Å². The Labute approximate surface area is 191 Å². The maximum Gasteiger partial charge on any atom is 0.243 e. The van der Waals surface area contributed by atoms with Crippen LogP contribution in [0.25, 0.3) is 0 Å². The van der Waals surface area contributed by atoms with E-state index in [-0.39, 0.29) is 29.8 Å². The molecule has 0 aromatic heterocycles. The molecule has 0 bridgehead atoms. The summed E-state index contributed by atoms with van der Waals surface area (Å²) in [7, 11) is -2.47. The molecule has 0 radical (unpaired) electrons. The topological polar surface area (TPSA) is 86.8 Å². The van der Waals surface area contributed by atoms with E-state index in [4.69, 9.17) is 0 Å². The number of aryl methyl sites for hydroxylation is 1. The van der Waals surface area contributed by atoms with Gasteiger partial charge < -0.3 is 10.2 Å². The first-order chi connectivity index (χ1) is 15.0. The highest BCUT2D eigenvalue weighted by Gasteiger charge is 2.30. The average Bonchev–Trinajstić information content (AvgIpc) is 2.76. The second-order valence-corrected chi connectivity index (χ2v) is 10.4. The SMILES string of the molecule is Cc1ccc(S(=O)(=O)N(C)CC(=O)N(Cc2ccccc2)C(C)C(=O)NCC(C)C)cc1. The fraction of sp³-hybridized carbons (Fsp3) is 0.417. The molecule has 0 aliphatic carbocycles. The molecule has 2 amide bonds. The smallest absolute Gasteiger partial charge is 0.243 e. The van der Waals surface area contributed by atoms with Crippen LogP contribution in [0.3, 0.4) is 0 Å². The van der Waals surface area contributed by atoms with Crippen LogP contribution in [0.1, 0.15) is 31.9 Å². The Morgan fingerprint density at radius 1 is 0.969 bits per heavy atom. The zero-order chi connectivity index (χ0) is 23.9. The second kappa shape index (κ2) is 11.2. The molecule has 2 aromatic rings. The number of benzene rings is 2. The lowest BCUT2D eigenvalue weighted by molar-refractivity contribution is -0.140. The summed E-state index contributed by atoms with van der Waals surface area (Å²) >= 11 is 0. The molecule has 0 heterocycles. The molecular formula is C24H33N3O4S. The molecule has 1 unspecified atom stereocenters. The van der Waals surface area contributed by atoms with Gasteiger partial charge in [-0.1, -0.05) is 61.9 Å². The summed E-state index contributed by atoms with van der Waals surface area (Å²) in [6.07, 6.45) is 0. The Balaban J connectivity index is 2.22. The van der Waals surface area contributed by atoms with E-state index >= 15 is 0 Å². The third-order valence-electron chi connectivity index (χ3n) is 5.13. The van der Waals surface area contributed by atoms with Crippen molar-refractivity contribution in [2.45, 2.75) is 45.2 Å². The molecule has 2 rings (SSSR count). The van der Waals surface area contributed by atoms with Crippen molar-refractivity contribution in [3.8, 4) is 0 Å². The van der Waals surface area contributed by atoms with Crippen molar-refractivity contribution in [2.24, 2.45) is 5.92 Å². The quantitative estimate of drug-likeness (QED) is 0.592. The lowest BCUT2D eigenvalue weighted by Crippen LogP contribution is -2.51. The van der Waals surface area contributed by atoms with Gasteiger partial charge in [0.15, 0.2) is 0 Å². The number of carbonyl (C=O) groups is 2. The summed E-state index contributed by atoms with van der Waals surface area (Å²) in [4.78, 5) is 27.4. The summed E-state index contributed by atoms with van der Waals surface area (Å²) in [5.41, 5.74) is 1.80. The first-order valence-corrected chi connectivity index (χ1v) is 12.1. The average molecular weight is 460 g/mol. The maximum absolute atomic E-state index is 13.2. The van der Waals surface area contributed by atoms with Gasteiger partial charge >= 0.3 is 0 Å². The van der Waals surface area contributed by atoms with Crippen molar-refractivity contribution in [1.82, 2.24) is 14.5 Å². The molecule has 174 valence electrons. The van der Waals surface area contributed by atoms with E-state index in [9.17, 15) is 18.0 Å². The maximum atomic E-state index is 13.2. The van der Waals surface area contributed by atoms with E-state index in [1.165, 1.54) is 24.1 Å². The number of likely N-dealkylation sites (N-methyl/N-ethyl adjacent to an activating group) is 1. The molecule has 0 saturated heterocycles. The van der Waals surface area contributed by atoms with Gasteiger partial charge in [0.25, 0.3) is 0 Å². The van der Waals surface area contributed by atoms with Gasteiger partial charge in [0.05, 0.1) is 11.4 Å². The Morgan fingerprint density at radius 3 is 2.12 bits per heavy atom. The summed E-state index contributed by atoms with van der Waals surface area (Å²) in [5, 5.41) is 2.85. The molecule has 1 atom stereocenters. The van der Waals surface area contributed by atoms with Crippen LogP contribution in [0.5, 0.6) is 0 Å². The van der Waals surface area contributed by atoms with Crippen LogP contribution >= 0.6 is 0 Å². The highest BCUT2D eigenvalue weighted by molar-refractivity contribution is 7.89. The van der Waals surface area contributed by atoms with Crippen LogP contribution in [-0.4, -0.2) is 55.6 Å². The molecule has 32 heavy (non-hydrogen) atoms. The number of nitrogens with zero attached hydrogens (tertiary/aromatic N) is 2. The summed E-state index contributed by atoms with van der Waals surface area (Å²) in [5.74, 6) is -0.443. The lowest BCUT2D eigenvalue weighted by Gasteiger charge is -2.30. The summed E-state index contributed by atoms with van der Waals surface area (Å²) in [6.45, 7) is 7.84. The molecule has 0 fully saturated rings. The van der Waals surface area contributed by atoms with E-state index in [1.807, 2.05) is 51.1 Å². The first kappa shape index (κ1) is 25.5. The molecule has 2 aromatic carbocycles. The van der Waals surface area contributed by atoms with Gasteiger partial charge in [-0.2, -0.15) is 4.31 Å². The standard InChI is InChI=1S/C24H33N3O4S/c1-18(2)15-25-24(29)20(4)27(16-21-9-7-6-8-10-21)23(28)17-26(5)32(30,31)22-13-11-19(3)12-14-22/h6-14,18,20H,15-17H2,1-5H3,(H,25,29). The van der Waals surface area contributed by atoms with Gasteiger partial charge in [-0.25, -0.2) is 8.42 Å². The van der Waals surface area contributed by atoms with Gasteiger partial charge in [-0.15, -0.1) is 0 Å². The third kappa shape index (κ3) is 6.90. The van der Waals surface area contributed by atoms with Gasteiger partial charge in [0, 0.05) is 20.1 Å². The van der Waals surface area contributed by atoms with Crippen molar-refractivity contribution in [1.29, 1.82) is 0 Å². The van der Waals surface area contributed by atoms with Crippen LogP contribution in [0.4, 0.5) is 0 Å². The first-order valence-electron chi connectivity index (χ1n) is 10.7. The number of sulfonamides is 1. The van der Waals surface area contributed by atoms with Gasteiger partial charge in [0.2, 0.25) is 21.8 Å². The number of rotatable bonds is 10. The molecule has 8 heteroatoms. The predicted molar refractivity (Wildman–Crippen MR) is 125 cm³/mol. The highest BCUT2D eigenvalue weighted by atomic mass is 32.2. The Morgan fingerprint density at radius 2 is 1.56 bits per heavy atom. The molecule has 7 nitrogen and oxygen atoms in total. The van der Waals surface area contributed by atoms with Crippen molar-refractivity contribution in [2.75, 3.05) is 20.1 Å². The van der Waals surface area contributed by atoms with E-state index < -0.39 is 22.0 Å². The minimum atomic E-state index is -3.84. The van der Waals surface area contributed by atoms with Crippen molar-refractivity contribution >= 4 is 21.8 Å². The van der Waals surface area contributed by atoms with E-state index in [2.05, 4.69) is 5.32 Å². The van der Waals surface area contributed by atoms with E-state index in [0.717, 1.165) is 15.4 Å². The van der Waals surface area contributed by atoms with Gasteiger partial charge in [-0.3, -0.25) is 9.59 Å². The summed E-state index contributed by atoms with van der Waals surface area (Å²) < 4.78 is 26.9. The molecule has 1 N–H and O–H groups in total. The molecule has 0 aliphatic rings.